The number of alkyl halides is 5. The quantitative estimate of drug-likeness (QED) is 0.524. The Labute approximate surface area is 191 Å². The summed E-state index contributed by atoms with van der Waals surface area (Å²) in [5, 5.41) is 3.96. The van der Waals surface area contributed by atoms with Gasteiger partial charge in [-0.3, -0.25) is 4.98 Å². The number of halogens is 5. The fraction of sp³-hybridized carbons (Fsp3) is 0.571. The van der Waals surface area contributed by atoms with Crippen LogP contribution in [0.5, 0.6) is 0 Å². The predicted octanol–water partition coefficient (Wildman–Crippen LogP) is 3.79. The second-order valence-corrected chi connectivity index (χ2v) is 8.89. The van der Waals surface area contributed by atoms with Crippen LogP contribution in [0.15, 0.2) is 24.8 Å². The third-order valence-corrected chi connectivity index (χ3v) is 6.85. The Bertz CT molecular complexity index is 1150. The average Bonchev–Trinajstić information content (AvgIpc) is 3.21. The van der Waals surface area contributed by atoms with E-state index in [4.69, 9.17) is 0 Å². The van der Waals surface area contributed by atoms with E-state index < -0.39 is 24.8 Å². The molecular formula is C21H23F5N8. The smallest absolute Gasteiger partial charge is 0.355 e. The molecule has 0 atom stereocenters. The lowest BCUT2D eigenvalue weighted by Gasteiger charge is -2.47. The molecule has 13 heteroatoms. The normalized spacial score (nSPS) is 18.9. The first kappa shape index (κ1) is 22.7. The van der Waals surface area contributed by atoms with Crippen LogP contribution >= 0.6 is 0 Å². The second kappa shape index (κ2) is 8.58. The van der Waals surface area contributed by atoms with Gasteiger partial charge in [-0.15, -0.1) is 0 Å². The summed E-state index contributed by atoms with van der Waals surface area (Å²) in [6.45, 7) is 2.19. The molecule has 2 saturated heterocycles. The van der Waals surface area contributed by atoms with Gasteiger partial charge in [0.1, 0.15) is 23.7 Å². The summed E-state index contributed by atoms with van der Waals surface area (Å²) in [4.78, 5) is 20.3. The highest BCUT2D eigenvalue weighted by atomic mass is 19.4. The highest BCUT2D eigenvalue weighted by molar-refractivity contribution is 5.71. The maximum Gasteiger partial charge on any atom is 0.434 e. The third kappa shape index (κ3) is 4.47. The van der Waals surface area contributed by atoms with E-state index >= 15 is 0 Å². The topological polar surface area (TPSA) is 75.9 Å². The standard InChI is InChI=1S/C21H23F5N8/c22-16(23)13-34-19-14(9-29-34)28-12-18(31-19)33-7-3-20(4-8-33)1-5-32(6-2-20)17-11-27-10-15(30-17)21(24,25)26/h9-12,16H,1-8,13H2. The minimum absolute atomic E-state index is 0.108. The van der Waals surface area contributed by atoms with Crippen molar-refractivity contribution in [1.82, 2.24) is 29.7 Å². The molecule has 0 N–H and O–H groups in total. The van der Waals surface area contributed by atoms with Crippen LogP contribution in [0.25, 0.3) is 11.2 Å². The molecule has 0 aliphatic carbocycles. The molecule has 0 amide bonds. The first-order valence-corrected chi connectivity index (χ1v) is 11.1. The van der Waals surface area contributed by atoms with Crippen LogP contribution in [0.2, 0.25) is 0 Å². The lowest BCUT2D eigenvalue weighted by atomic mass is 9.71. The van der Waals surface area contributed by atoms with Gasteiger partial charge in [-0.05, 0) is 31.1 Å². The maximum atomic E-state index is 13.0. The largest absolute Gasteiger partial charge is 0.434 e. The van der Waals surface area contributed by atoms with Gasteiger partial charge in [-0.1, -0.05) is 0 Å². The zero-order chi connectivity index (χ0) is 23.9. The molecule has 3 aromatic heterocycles. The molecule has 5 heterocycles. The van der Waals surface area contributed by atoms with Gasteiger partial charge in [-0.2, -0.15) is 18.3 Å². The summed E-state index contributed by atoms with van der Waals surface area (Å²) in [5.74, 6) is 0.890. The number of piperidine rings is 2. The second-order valence-electron chi connectivity index (χ2n) is 8.89. The molecule has 5 rings (SSSR count). The Balaban J connectivity index is 1.22. The molecule has 0 unspecified atom stereocenters. The fourth-order valence-electron chi connectivity index (χ4n) is 4.82. The van der Waals surface area contributed by atoms with E-state index in [2.05, 4.69) is 29.9 Å². The van der Waals surface area contributed by atoms with Crippen molar-refractivity contribution in [3.63, 3.8) is 0 Å². The highest BCUT2D eigenvalue weighted by Crippen LogP contribution is 2.42. The molecule has 0 radical (unpaired) electrons. The van der Waals surface area contributed by atoms with Gasteiger partial charge in [-0.25, -0.2) is 28.4 Å². The fourth-order valence-corrected chi connectivity index (χ4v) is 4.82. The van der Waals surface area contributed by atoms with Crippen LogP contribution in [0, 0.1) is 5.41 Å². The number of aromatic nitrogens is 6. The van der Waals surface area contributed by atoms with E-state index in [0.29, 0.717) is 30.1 Å². The first-order chi connectivity index (χ1) is 16.2. The van der Waals surface area contributed by atoms with Gasteiger partial charge in [0.25, 0.3) is 6.43 Å². The lowest BCUT2D eigenvalue weighted by Crippen LogP contribution is -2.47. The van der Waals surface area contributed by atoms with Crippen molar-refractivity contribution in [1.29, 1.82) is 0 Å². The minimum atomic E-state index is -4.52. The maximum absolute atomic E-state index is 13.0. The van der Waals surface area contributed by atoms with Crippen molar-refractivity contribution in [2.45, 2.75) is 44.8 Å². The van der Waals surface area contributed by atoms with E-state index in [1.54, 1.807) is 6.20 Å². The zero-order valence-corrected chi connectivity index (χ0v) is 18.2. The van der Waals surface area contributed by atoms with Crippen LogP contribution in [0.4, 0.5) is 33.6 Å². The Hall–Kier alpha value is -3.12. The van der Waals surface area contributed by atoms with Gasteiger partial charge in [0.05, 0.1) is 24.8 Å². The van der Waals surface area contributed by atoms with Crippen LogP contribution in [-0.4, -0.2) is 62.3 Å². The van der Waals surface area contributed by atoms with Crippen LogP contribution in [-0.2, 0) is 12.7 Å². The van der Waals surface area contributed by atoms with Gasteiger partial charge in [0.15, 0.2) is 11.3 Å². The zero-order valence-electron chi connectivity index (χ0n) is 18.2. The summed E-state index contributed by atoms with van der Waals surface area (Å²) in [5.41, 5.74) is -0.0556. The Morgan fingerprint density at radius 1 is 0.853 bits per heavy atom. The Kier molecular flexibility index (Phi) is 5.72. The number of fused-ring (bicyclic) bond motifs is 1. The number of hydrogen-bond donors (Lipinski definition) is 0. The van der Waals surface area contributed by atoms with E-state index in [0.717, 1.165) is 45.0 Å². The van der Waals surface area contributed by atoms with Gasteiger partial charge in [0, 0.05) is 26.2 Å². The van der Waals surface area contributed by atoms with Crippen molar-refractivity contribution in [3.8, 4) is 0 Å². The van der Waals surface area contributed by atoms with Crippen LogP contribution in [0.1, 0.15) is 31.4 Å². The molecule has 3 aromatic rings. The molecule has 1 spiro atoms. The van der Waals surface area contributed by atoms with E-state index in [9.17, 15) is 22.0 Å². The van der Waals surface area contributed by atoms with E-state index in [1.165, 1.54) is 17.1 Å². The molecule has 2 fully saturated rings. The summed E-state index contributed by atoms with van der Waals surface area (Å²) in [7, 11) is 0. The molecule has 182 valence electrons. The van der Waals surface area contributed by atoms with Crippen molar-refractivity contribution in [3.05, 3.63) is 30.5 Å². The highest BCUT2D eigenvalue weighted by Gasteiger charge is 2.39. The molecular weight excluding hydrogens is 459 g/mol. The van der Waals surface area contributed by atoms with Crippen molar-refractivity contribution in [2.24, 2.45) is 5.41 Å². The SMILES string of the molecule is FC(F)Cn1ncc2ncc(N3CCC4(CCN(c5cncc(C(F)(F)F)n5)CC4)CC3)nc21. The van der Waals surface area contributed by atoms with Gasteiger partial charge < -0.3 is 9.80 Å². The molecule has 2 aliphatic rings. The van der Waals surface area contributed by atoms with Crippen molar-refractivity contribution in [2.75, 3.05) is 36.0 Å². The average molecular weight is 482 g/mol. The minimum Gasteiger partial charge on any atom is -0.355 e. The summed E-state index contributed by atoms with van der Waals surface area (Å²) in [6.07, 6.45) is 1.67. The summed E-state index contributed by atoms with van der Waals surface area (Å²) in [6, 6.07) is 0. The van der Waals surface area contributed by atoms with E-state index in [-0.39, 0.29) is 11.2 Å². The molecule has 2 aliphatic heterocycles. The molecule has 8 nitrogen and oxygen atoms in total. The van der Waals surface area contributed by atoms with Crippen LogP contribution < -0.4 is 9.80 Å². The summed E-state index contributed by atoms with van der Waals surface area (Å²) >= 11 is 0. The number of nitrogens with zero attached hydrogens (tertiary/aromatic N) is 8. The van der Waals surface area contributed by atoms with Crippen LogP contribution in [0.3, 0.4) is 0 Å². The number of hydrogen-bond acceptors (Lipinski definition) is 7. The molecule has 0 bridgehead atoms. The number of anilines is 2. The molecule has 0 saturated carbocycles. The monoisotopic (exact) mass is 482 g/mol. The van der Waals surface area contributed by atoms with Gasteiger partial charge >= 0.3 is 6.18 Å². The van der Waals surface area contributed by atoms with Crippen molar-refractivity contribution >= 4 is 22.8 Å². The predicted molar refractivity (Wildman–Crippen MR) is 114 cm³/mol. The Morgan fingerprint density at radius 2 is 1.47 bits per heavy atom. The summed E-state index contributed by atoms with van der Waals surface area (Å²) < 4.78 is 65.7. The Morgan fingerprint density at radius 3 is 2.06 bits per heavy atom. The molecule has 0 aromatic carbocycles. The number of rotatable bonds is 4. The first-order valence-electron chi connectivity index (χ1n) is 11.1. The van der Waals surface area contributed by atoms with Crippen molar-refractivity contribution < 1.29 is 22.0 Å². The van der Waals surface area contributed by atoms with Gasteiger partial charge in [0.2, 0.25) is 0 Å². The lowest BCUT2D eigenvalue weighted by molar-refractivity contribution is -0.141. The molecule has 34 heavy (non-hydrogen) atoms. The van der Waals surface area contributed by atoms with E-state index in [1.807, 2.05) is 4.90 Å². The third-order valence-electron chi connectivity index (χ3n) is 6.85.